The van der Waals surface area contributed by atoms with Crippen LogP contribution >= 0.6 is 11.8 Å². The largest absolute Gasteiger partial charge is 0.398 e. The average Bonchev–Trinajstić information content (AvgIpc) is 2.18. The fourth-order valence-corrected chi connectivity index (χ4v) is 2.06. The zero-order valence-electron chi connectivity index (χ0n) is 9.69. The average molecular weight is 281 g/mol. The molecule has 18 heavy (non-hydrogen) atoms. The predicted octanol–water partition coefficient (Wildman–Crippen LogP) is 3.75. The topological polar surface area (TPSA) is 29.1 Å². The van der Waals surface area contributed by atoms with E-state index in [0.29, 0.717) is 17.3 Å². The van der Waals surface area contributed by atoms with E-state index in [1.165, 1.54) is 19.9 Å². The van der Waals surface area contributed by atoms with Crippen molar-refractivity contribution in [1.82, 2.24) is 0 Å². The van der Waals surface area contributed by atoms with Crippen LogP contribution in [0.1, 0.15) is 12.5 Å². The number of hydrogen-bond donors (Lipinski definition) is 1. The second kappa shape index (κ2) is 5.60. The number of carbonyl (C=O) groups excluding carboxylic acids is 1. The van der Waals surface area contributed by atoms with Crippen molar-refractivity contribution >= 4 is 23.4 Å². The van der Waals surface area contributed by atoms with Crippen LogP contribution in [0.3, 0.4) is 0 Å². The van der Waals surface area contributed by atoms with Gasteiger partial charge in [-0.1, -0.05) is 0 Å². The number of amides is 1. The van der Waals surface area contributed by atoms with Crippen molar-refractivity contribution < 1.29 is 22.4 Å². The summed E-state index contributed by atoms with van der Waals surface area (Å²) in [5, 5.41) is 2.23. The van der Waals surface area contributed by atoms with Gasteiger partial charge in [0.25, 0.3) is 0 Å². The smallest absolute Gasteiger partial charge is 0.324 e. The van der Waals surface area contributed by atoms with E-state index in [2.05, 4.69) is 5.32 Å². The van der Waals surface area contributed by atoms with Gasteiger partial charge in [-0.3, -0.25) is 4.79 Å². The Kier molecular flexibility index (Phi) is 4.61. The van der Waals surface area contributed by atoms with Crippen molar-refractivity contribution in [1.29, 1.82) is 0 Å². The van der Waals surface area contributed by atoms with E-state index in [1.54, 1.807) is 0 Å². The molecule has 1 aromatic rings. The van der Waals surface area contributed by atoms with Crippen molar-refractivity contribution in [2.75, 3.05) is 11.1 Å². The van der Waals surface area contributed by atoms with Gasteiger partial charge in [0.2, 0.25) is 5.91 Å². The van der Waals surface area contributed by atoms with Crippen LogP contribution in [0.15, 0.2) is 17.0 Å². The number of halogens is 4. The minimum Gasteiger partial charge on any atom is -0.324 e. The van der Waals surface area contributed by atoms with E-state index in [0.717, 1.165) is 6.07 Å². The van der Waals surface area contributed by atoms with Gasteiger partial charge < -0.3 is 5.32 Å². The molecule has 0 aliphatic heterocycles. The molecule has 0 spiro atoms. The number of aryl methyl sites for hydroxylation is 1. The summed E-state index contributed by atoms with van der Waals surface area (Å²) in [4.78, 5) is 11.1. The van der Waals surface area contributed by atoms with E-state index < -0.39 is 23.7 Å². The number of hydrogen-bond acceptors (Lipinski definition) is 2. The van der Waals surface area contributed by atoms with E-state index in [1.807, 2.05) is 0 Å². The lowest BCUT2D eigenvalue weighted by atomic mass is 10.2. The van der Waals surface area contributed by atoms with Crippen LogP contribution in [0.2, 0.25) is 0 Å². The summed E-state index contributed by atoms with van der Waals surface area (Å²) in [5.41, 5.74) is 0.286. The van der Waals surface area contributed by atoms with Gasteiger partial charge in [0.15, 0.2) is 0 Å². The molecule has 0 aromatic heterocycles. The van der Waals surface area contributed by atoms with Gasteiger partial charge in [0.1, 0.15) is 5.82 Å². The van der Waals surface area contributed by atoms with Crippen LogP contribution in [0.25, 0.3) is 0 Å². The molecule has 0 aliphatic rings. The Morgan fingerprint density at radius 2 is 2.00 bits per heavy atom. The first-order chi connectivity index (χ1) is 8.19. The van der Waals surface area contributed by atoms with Gasteiger partial charge >= 0.3 is 6.18 Å². The highest BCUT2D eigenvalue weighted by molar-refractivity contribution is 7.99. The molecule has 0 fully saturated rings. The fraction of sp³-hybridized carbons (Fsp3) is 0.364. The Morgan fingerprint density at radius 1 is 1.39 bits per heavy atom. The Labute approximate surface area is 106 Å². The van der Waals surface area contributed by atoms with E-state index >= 15 is 0 Å². The molecule has 0 saturated heterocycles. The highest BCUT2D eigenvalue weighted by atomic mass is 32.2. The fourth-order valence-electron chi connectivity index (χ4n) is 1.25. The molecule has 1 rings (SSSR count). The second-order valence-electron chi connectivity index (χ2n) is 3.68. The number of alkyl halides is 3. The first kappa shape index (κ1) is 14.8. The van der Waals surface area contributed by atoms with Crippen LogP contribution in [0, 0.1) is 12.7 Å². The molecular formula is C11H11F4NOS. The number of thioether (sulfide) groups is 1. The normalized spacial score (nSPS) is 11.4. The molecule has 1 aromatic carbocycles. The molecule has 7 heteroatoms. The Morgan fingerprint density at radius 3 is 2.50 bits per heavy atom. The van der Waals surface area contributed by atoms with Crippen molar-refractivity contribution in [3.8, 4) is 0 Å². The van der Waals surface area contributed by atoms with E-state index in [-0.39, 0.29) is 10.6 Å². The molecular weight excluding hydrogens is 270 g/mol. The maximum Gasteiger partial charge on any atom is 0.398 e. The van der Waals surface area contributed by atoms with Crippen molar-refractivity contribution in [3.05, 3.63) is 23.5 Å². The minimum atomic E-state index is -4.29. The lowest BCUT2D eigenvalue weighted by Crippen LogP contribution is -2.11. The number of anilines is 1. The molecule has 1 N–H and O–H groups in total. The Balaban J connectivity index is 2.94. The summed E-state index contributed by atoms with van der Waals surface area (Å²) in [6, 6.07) is 2.31. The molecule has 0 saturated carbocycles. The Bertz CT molecular complexity index is 459. The van der Waals surface area contributed by atoms with E-state index in [9.17, 15) is 22.4 Å². The summed E-state index contributed by atoms with van der Waals surface area (Å²) < 4.78 is 49.7. The number of carbonyl (C=O) groups is 1. The molecule has 0 bridgehead atoms. The molecule has 0 atom stereocenters. The lowest BCUT2D eigenvalue weighted by molar-refractivity contribution is -0.114. The van der Waals surface area contributed by atoms with Crippen LogP contribution in [-0.2, 0) is 4.79 Å². The summed E-state index contributed by atoms with van der Waals surface area (Å²) >= 11 is 0.561. The highest BCUT2D eigenvalue weighted by Gasteiger charge is 2.27. The van der Waals surface area contributed by atoms with Crippen LogP contribution < -0.4 is 5.32 Å². The molecule has 0 heterocycles. The monoisotopic (exact) mass is 281 g/mol. The summed E-state index contributed by atoms with van der Waals surface area (Å²) in [5.74, 6) is -2.21. The van der Waals surface area contributed by atoms with Crippen molar-refractivity contribution in [2.45, 2.75) is 24.9 Å². The van der Waals surface area contributed by atoms with Crippen molar-refractivity contribution in [2.24, 2.45) is 0 Å². The maximum absolute atomic E-state index is 13.4. The summed E-state index contributed by atoms with van der Waals surface area (Å²) in [6.07, 6.45) is -4.29. The number of nitrogens with one attached hydrogen (secondary N) is 1. The van der Waals surface area contributed by atoms with Crippen LogP contribution in [0.5, 0.6) is 0 Å². The van der Waals surface area contributed by atoms with Gasteiger partial charge in [-0.05, 0) is 24.6 Å². The molecule has 100 valence electrons. The van der Waals surface area contributed by atoms with E-state index in [4.69, 9.17) is 0 Å². The summed E-state index contributed by atoms with van der Waals surface area (Å²) in [6.45, 7) is 2.71. The molecule has 1 amide bonds. The second-order valence-corrected chi connectivity index (χ2v) is 4.70. The van der Waals surface area contributed by atoms with Gasteiger partial charge in [0, 0.05) is 11.8 Å². The first-order valence-corrected chi connectivity index (χ1v) is 5.95. The standard InChI is InChI=1S/C11H11F4NOS/c1-6-3-8(12)9(16-7(2)17)4-10(6)18-5-11(13,14)15/h3-4H,5H2,1-2H3,(H,16,17). The van der Waals surface area contributed by atoms with Gasteiger partial charge in [-0.15, -0.1) is 11.8 Å². The first-order valence-electron chi connectivity index (χ1n) is 4.96. The maximum atomic E-state index is 13.4. The molecule has 0 unspecified atom stereocenters. The molecule has 0 radical (unpaired) electrons. The van der Waals surface area contributed by atoms with Gasteiger partial charge in [-0.25, -0.2) is 4.39 Å². The third-order valence-electron chi connectivity index (χ3n) is 1.97. The predicted molar refractivity (Wildman–Crippen MR) is 62.2 cm³/mol. The molecule has 2 nitrogen and oxygen atoms in total. The number of benzene rings is 1. The van der Waals surface area contributed by atoms with Gasteiger partial charge in [-0.2, -0.15) is 13.2 Å². The zero-order valence-corrected chi connectivity index (χ0v) is 10.5. The third-order valence-corrected chi connectivity index (χ3v) is 3.19. The minimum absolute atomic E-state index is 0.113. The number of rotatable bonds is 3. The van der Waals surface area contributed by atoms with Gasteiger partial charge in [0.05, 0.1) is 11.4 Å². The Hall–Kier alpha value is -1.24. The van der Waals surface area contributed by atoms with Crippen LogP contribution in [-0.4, -0.2) is 17.8 Å². The SMILES string of the molecule is CC(=O)Nc1cc(SCC(F)(F)F)c(C)cc1F. The van der Waals surface area contributed by atoms with Crippen molar-refractivity contribution in [3.63, 3.8) is 0 Å². The zero-order chi connectivity index (χ0) is 13.9. The highest BCUT2D eigenvalue weighted by Crippen LogP contribution is 2.32. The molecule has 0 aliphatic carbocycles. The van der Waals surface area contributed by atoms with Crippen LogP contribution in [0.4, 0.5) is 23.2 Å². The lowest BCUT2D eigenvalue weighted by Gasteiger charge is -2.11. The third kappa shape index (κ3) is 4.56. The summed E-state index contributed by atoms with van der Waals surface area (Å²) in [7, 11) is 0. The quantitative estimate of drug-likeness (QED) is 0.675.